The predicted molar refractivity (Wildman–Crippen MR) is 90.3 cm³/mol. The van der Waals surface area contributed by atoms with Crippen LogP contribution >= 0.6 is 0 Å². The molecule has 0 saturated carbocycles. The molecule has 1 heterocycles. The van der Waals surface area contributed by atoms with Crippen LogP contribution in [0.5, 0.6) is 0 Å². The lowest BCUT2D eigenvalue weighted by Gasteiger charge is -2.08. The highest BCUT2D eigenvalue weighted by atomic mass is 16.1. The van der Waals surface area contributed by atoms with E-state index in [0.717, 1.165) is 25.0 Å². The first kappa shape index (κ1) is 16.9. The number of aryl methyl sites for hydroxylation is 2. The summed E-state index contributed by atoms with van der Waals surface area (Å²) in [6.45, 7) is 2.85. The molecule has 0 aliphatic heterocycles. The van der Waals surface area contributed by atoms with E-state index in [9.17, 15) is 9.59 Å². The summed E-state index contributed by atoms with van der Waals surface area (Å²) < 4.78 is 1.52. The van der Waals surface area contributed by atoms with Crippen molar-refractivity contribution in [2.45, 2.75) is 39.2 Å². The van der Waals surface area contributed by atoms with Crippen molar-refractivity contribution in [1.29, 1.82) is 0 Å². The van der Waals surface area contributed by atoms with Crippen molar-refractivity contribution in [3.8, 4) is 0 Å². The Balaban J connectivity index is 1.67. The van der Waals surface area contributed by atoms with E-state index in [-0.39, 0.29) is 11.5 Å². The zero-order valence-electron chi connectivity index (χ0n) is 13.5. The van der Waals surface area contributed by atoms with E-state index in [2.05, 4.69) is 22.4 Å². The van der Waals surface area contributed by atoms with Gasteiger partial charge >= 0.3 is 0 Å². The molecule has 2 rings (SSSR count). The molecule has 5 heteroatoms. The molecule has 2 aromatic rings. The van der Waals surface area contributed by atoms with Gasteiger partial charge in [0, 0.05) is 31.3 Å². The number of carbonyl (C=O) groups excluding carboxylic acids is 1. The van der Waals surface area contributed by atoms with Crippen molar-refractivity contribution in [3.63, 3.8) is 0 Å². The van der Waals surface area contributed by atoms with Gasteiger partial charge in [-0.15, -0.1) is 0 Å². The van der Waals surface area contributed by atoms with Crippen molar-refractivity contribution in [1.82, 2.24) is 14.9 Å². The van der Waals surface area contributed by atoms with Crippen molar-refractivity contribution in [2.24, 2.45) is 0 Å². The van der Waals surface area contributed by atoms with Gasteiger partial charge < -0.3 is 5.32 Å². The maximum atomic E-state index is 11.8. The average molecular weight is 313 g/mol. The molecule has 23 heavy (non-hydrogen) atoms. The largest absolute Gasteiger partial charge is 0.354 e. The van der Waals surface area contributed by atoms with Crippen molar-refractivity contribution in [3.05, 3.63) is 64.3 Å². The van der Waals surface area contributed by atoms with Gasteiger partial charge in [-0.3, -0.25) is 14.2 Å². The molecule has 1 amide bonds. The molecular formula is C18H23N3O2. The second-order valence-corrected chi connectivity index (χ2v) is 5.45. The van der Waals surface area contributed by atoms with Crippen molar-refractivity contribution >= 4 is 5.91 Å². The lowest BCUT2D eigenvalue weighted by atomic mass is 10.1. The molecule has 0 aliphatic rings. The number of benzene rings is 1. The third-order valence-corrected chi connectivity index (χ3v) is 3.69. The third kappa shape index (κ3) is 5.70. The van der Waals surface area contributed by atoms with E-state index in [1.807, 2.05) is 25.1 Å². The lowest BCUT2D eigenvalue weighted by Crippen LogP contribution is -2.30. The van der Waals surface area contributed by atoms with Gasteiger partial charge in [0.25, 0.3) is 5.56 Å². The number of nitrogens with one attached hydrogen (secondary N) is 1. The van der Waals surface area contributed by atoms with Crippen LogP contribution in [0.15, 0.2) is 47.5 Å². The Morgan fingerprint density at radius 2 is 2.04 bits per heavy atom. The highest BCUT2D eigenvalue weighted by molar-refractivity contribution is 5.75. The second-order valence-electron chi connectivity index (χ2n) is 5.45. The molecule has 0 bridgehead atoms. The molecular weight excluding hydrogens is 290 g/mol. The molecule has 1 aromatic carbocycles. The van der Waals surface area contributed by atoms with E-state index < -0.39 is 0 Å². The fourth-order valence-corrected chi connectivity index (χ4v) is 2.33. The molecule has 0 saturated heterocycles. The number of hydrogen-bond acceptors (Lipinski definition) is 3. The van der Waals surface area contributed by atoms with Crippen LogP contribution in [0.4, 0.5) is 0 Å². The summed E-state index contributed by atoms with van der Waals surface area (Å²) in [7, 11) is 0. The fourth-order valence-electron chi connectivity index (χ4n) is 2.33. The summed E-state index contributed by atoms with van der Waals surface area (Å²) in [5, 5.41) is 2.85. The van der Waals surface area contributed by atoms with Crippen LogP contribution in [0, 0.1) is 0 Å². The highest BCUT2D eigenvalue weighted by Crippen LogP contribution is 2.04. The monoisotopic (exact) mass is 313 g/mol. The topological polar surface area (TPSA) is 64.0 Å². The Hall–Kier alpha value is -2.43. The molecule has 0 aliphatic carbocycles. The molecule has 0 fully saturated rings. The number of rotatable bonds is 8. The number of nitrogens with zero attached hydrogens (tertiary/aromatic N) is 2. The Bertz CT molecular complexity index is 680. The summed E-state index contributed by atoms with van der Waals surface area (Å²) in [4.78, 5) is 27.8. The van der Waals surface area contributed by atoms with Crippen LogP contribution in [-0.4, -0.2) is 22.0 Å². The maximum absolute atomic E-state index is 11.8. The van der Waals surface area contributed by atoms with Gasteiger partial charge in [0.2, 0.25) is 5.91 Å². The minimum absolute atomic E-state index is 0.0205. The lowest BCUT2D eigenvalue weighted by molar-refractivity contribution is -0.121. The zero-order valence-corrected chi connectivity index (χ0v) is 13.5. The summed E-state index contributed by atoms with van der Waals surface area (Å²) >= 11 is 0. The predicted octanol–water partition coefficient (Wildman–Crippen LogP) is 1.94. The van der Waals surface area contributed by atoms with Gasteiger partial charge in [-0.2, -0.15) is 0 Å². The minimum atomic E-state index is -0.0739. The SMILES string of the molecule is CCc1cc(=O)n(CCNC(=O)CCCc2ccccc2)cn1. The molecule has 5 nitrogen and oxygen atoms in total. The van der Waals surface area contributed by atoms with Gasteiger partial charge in [-0.25, -0.2) is 4.98 Å². The number of hydrogen-bond donors (Lipinski definition) is 1. The van der Waals surface area contributed by atoms with Gasteiger partial charge in [-0.1, -0.05) is 37.3 Å². The van der Waals surface area contributed by atoms with Crippen LogP contribution in [0.25, 0.3) is 0 Å². The Morgan fingerprint density at radius 1 is 1.26 bits per heavy atom. The standard InChI is InChI=1S/C18H23N3O2/c1-2-16-13-18(23)21(14-20-16)12-11-19-17(22)10-6-9-15-7-4-3-5-8-15/h3-5,7-8,13-14H,2,6,9-12H2,1H3,(H,19,22). The first-order valence-electron chi connectivity index (χ1n) is 8.05. The molecule has 1 N–H and O–H groups in total. The third-order valence-electron chi connectivity index (χ3n) is 3.69. The van der Waals surface area contributed by atoms with Gasteiger partial charge in [0.15, 0.2) is 0 Å². The van der Waals surface area contributed by atoms with Crippen LogP contribution in [0.1, 0.15) is 31.0 Å². The summed E-state index contributed by atoms with van der Waals surface area (Å²) in [5.74, 6) is 0.0205. The molecule has 0 atom stereocenters. The molecule has 0 radical (unpaired) electrons. The van der Waals surface area contributed by atoms with Gasteiger partial charge in [-0.05, 0) is 24.8 Å². The van der Waals surface area contributed by atoms with E-state index in [1.165, 1.54) is 10.1 Å². The molecule has 0 unspecified atom stereocenters. The van der Waals surface area contributed by atoms with E-state index in [4.69, 9.17) is 0 Å². The Kier molecular flexibility index (Phi) is 6.54. The molecule has 0 spiro atoms. The van der Waals surface area contributed by atoms with Crippen LogP contribution < -0.4 is 10.9 Å². The van der Waals surface area contributed by atoms with Crippen molar-refractivity contribution in [2.75, 3.05) is 6.54 Å². The summed E-state index contributed by atoms with van der Waals surface area (Å²) in [5.41, 5.74) is 1.96. The first-order chi connectivity index (χ1) is 11.2. The quantitative estimate of drug-likeness (QED) is 0.810. The van der Waals surface area contributed by atoms with E-state index >= 15 is 0 Å². The van der Waals surface area contributed by atoms with Crippen LogP contribution in [-0.2, 0) is 24.2 Å². The second kappa shape index (κ2) is 8.88. The fraction of sp³-hybridized carbons (Fsp3) is 0.389. The zero-order chi connectivity index (χ0) is 16.5. The normalized spacial score (nSPS) is 10.5. The summed E-state index contributed by atoms with van der Waals surface area (Å²) in [6, 6.07) is 11.7. The average Bonchev–Trinajstić information content (AvgIpc) is 2.57. The smallest absolute Gasteiger partial charge is 0.253 e. The van der Waals surface area contributed by atoms with E-state index in [0.29, 0.717) is 19.5 Å². The summed E-state index contributed by atoms with van der Waals surface area (Å²) in [6.07, 6.45) is 4.51. The van der Waals surface area contributed by atoms with Gasteiger partial charge in [0.05, 0.1) is 6.33 Å². The molecule has 1 aromatic heterocycles. The maximum Gasteiger partial charge on any atom is 0.253 e. The van der Waals surface area contributed by atoms with Crippen molar-refractivity contribution < 1.29 is 4.79 Å². The number of aromatic nitrogens is 2. The first-order valence-corrected chi connectivity index (χ1v) is 8.05. The van der Waals surface area contributed by atoms with E-state index in [1.54, 1.807) is 12.4 Å². The van der Waals surface area contributed by atoms with Gasteiger partial charge in [0.1, 0.15) is 0 Å². The Morgan fingerprint density at radius 3 is 2.74 bits per heavy atom. The molecule has 122 valence electrons. The van der Waals surface area contributed by atoms with Crippen LogP contribution in [0.2, 0.25) is 0 Å². The Labute approximate surface area is 136 Å². The number of amides is 1. The number of carbonyl (C=O) groups is 1. The highest BCUT2D eigenvalue weighted by Gasteiger charge is 2.03. The van der Waals surface area contributed by atoms with Crippen LogP contribution in [0.3, 0.4) is 0 Å². The minimum Gasteiger partial charge on any atom is -0.354 e.